The lowest BCUT2D eigenvalue weighted by atomic mass is 10.0. The molecule has 122 valence electrons. The number of nitrogens with one attached hydrogen (secondary N) is 1. The second kappa shape index (κ2) is 11.8. The summed E-state index contributed by atoms with van der Waals surface area (Å²) in [4.78, 5) is 0. The lowest BCUT2D eigenvalue weighted by molar-refractivity contribution is 0.0193. The number of ether oxygens (including phenoxy) is 1. The van der Waals surface area contributed by atoms with Gasteiger partial charge >= 0.3 is 0 Å². The van der Waals surface area contributed by atoms with Crippen molar-refractivity contribution < 1.29 is 9.84 Å². The zero-order chi connectivity index (χ0) is 15.4. The van der Waals surface area contributed by atoms with E-state index in [0.717, 1.165) is 19.6 Å². The molecular formula is C16H35NO2S. The molecule has 2 atom stereocenters. The van der Waals surface area contributed by atoms with E-state index < -0.39 is 6.10 Å². The summed E-state index contributed by atoms with van der Waals surface area (Å²) < 4.78 is 5.88. The van der Waals surface area contributed by atoms with E-state index in [1.807, 2.05) is 11.8 Å². The highest BCUT2D eigenvalue weighted by molar-refractivity contribution is 7.99. The quantitative estimate of drug-likeness (QED) is 0.548. The molecule has 20 heavy (non-hydrogen) atoms. The predicted octanol–water partition coefficient (Wildman–Crippen LogP) is 3.31. The first-order valence-electron chi connectivity index (χ1n) is 7.96. The van der Waals surface area contributed by atoms with Crippen LogP contribution >= 0.6 is 11.8 Å². The second-order valence-corrected chi connectivity index (χ2v) is 7.72. The molecule has 0 aromatic heterocycles. The third-order valence-electron chi connectivity index (χ3n) is 3.69. The van der Waals surface area contributed by atoms with Gasteiger partial charge < -0.3 is 15.2 Å². The standard InChI is InChI=1S/C16H35NO2S/c1-6-8-9-14(7-2)11-19-12-15(18)10-17-13-16(3,4)20-5/h14-15,17-18H,6-13H2,1-5H3. The van der Waals surface area contributed by atoms with E-state index in [-0.39, 0.29) is 4.75 Å². The fourth-order valence-corrected chi connectivity index (χ4v) is 2.19. The molecule has 0 radical (unpaired) electrons. The Labute approximate surface area is 130 Å². The molecule has 3 nitrogen and oxygen atoms in total. The van der Waals surface area contributed by atoms with Crippen LogP contribution in [-0.4, -0.2) is 48.5 Å². The van der Waals surface area contributed by atoms with Gasteiger partial charge in [-0.25, -0.2) is 0 Å². The maximum atomic E-state index is 9.89. The van der Waals surface area contributed by atoms with Gasteiger partial charge in [-0.1, -0.05) is 33.1 Å². The van der Waals surface area contributed by atoms with Crippen LogP contribution in [0.1, 0.15) is 53.4 Å². The second-order valence-electron chi connectivity index (χ2n) is 6.20. The number of aliphatic hydroxyl groups is 1. The fraction of sp³-hybridized carbons (Fsp3) is 1.00. The Balaban J connectivity index is 3.64. The number of hydrogen-bond donors (Lipinski definition) is 2. The van der Waals surface area contributed by atoms with Crippen LogP contribution < -0.4 is 5.32 Å². The number of aliphatic hydroxyl groups excluding tert-OH is 1. The van der Waals surface area contributed by atoms with Gasteiger partial charge in [0, 0.05) is 24.4 Å². The Morgan fingerprint density at radius 3 is 2.50 bits per heavy atom. The average molecular weight is 306 g/mol. The molecule has 0 aliphatic heterocycles. The maximum absolute atomic E-state index is 9.89. The summed E-state index contributed by atoms with van der Waals surface area (Å²) in [6, 6.07) is 0. The van der Waals surface area contributed by atoms with Crippen molar-refractivity contribution in [3.05, 3.63) is 0 Å². The van der Waals surface area contributed by atoms with E-state index in [2.05, 4.69) is 39.3 Å². The van der Waals surface area contributed by atoms with Crippen molar-refractivity contribution in [1.29, 1.82) is 0 Å². The van der Waals surface area contributed by atoms with E-state index >= 15 is 0 Å². The summed E-state index contributed by atoms with van der Waals surface area (Å²) in [6.45, 7) is 11.6. The molecule has 0 aromatic carbocycles. The first kappa shape index (κ1) is 20.2. The van der Waals surface area contributed by atoms with Crippen LogP contribution in [0.15, 0.2) is 0 Å². The Morgan fingerprint density at radius 1 is 1.25 bits per heavy atom. The van der Waals surface area contributed by atoms with Crippen molar-refractivity contribution in [2.45, 2.75) is 64.2 Å². The van der Waals surface area contributed by atoms with Gasteiger partial charge in [0.2, 0.25) is 0 Å². The molecule has 0 heterocycles. The van der Waals surface area contributed by atoms with Gasteiger partial charge in [0.1, 0.15) is 0 Å². The molecule has 0 rings (SSSR count). The molecule has 4 heteroatoms. The minimum absolute atomic E-state index is 0.216. The van der Waals surface area contributed by atoms with Crippen LogP contribution in [0, 0.1) is 5.92 Å². The van der Waals surface area contributed by atoms with Gasteiger partial charge in [-0.3, -0.25) is 0 Å². The molecule has 2 N–H and O–H groups in total. The Kier molecular flexibility index (Phi) is 12.0. The van der Waals surface area contributed by atoms with Crippen molar-refractivity contribution in [3.8, 4) is 0 Å². The zero-order valence-corrected chi connectivity index (χ0v) is 14.9. The summed E-state index contributed by atoms with van der Waals surface area (Å²) in [5.41, 5.74) is 0. The van der Waals surface area contributed by atoms with Crippen LogP contribution in [-0.2, 0) is 4.74 Å². The molecule has 0 spiro atoms. The molecule has 0 amide bonds. The van der Waals surface area contributed by atoms with Crippen LogP contribution in [0.3, 0.4) is 0 Å². The van der Waals surface area contributed by atoms with Crippen LogP contribution in [0.4, 0.5) is 0 Å². The first-order chi connectivity index (χ1) is 9.45. The van der Waals surface area contributed by atoms with Gasteiger partial charge in [0.25, 0.3) is 0 Å². The first-order valence-corrected chi connectivity index (χ1v) is 9.19. The van der Waals surface area contributed by atoms with Crippen molar-refractivity contribution in [2.75, 3.05) is 32.6 Å². The van der Waals surface area contributed by atoms with Crippen LogP contribution in [0.25, 0.3) is 0 Å². The average Bonchev–Trinajstić information content (AvgIpc) is 2.42. The number of thioether (sulfide) groups is 1. The molecule has 0 aliphatic carbocycles. The number of unbranched alkanes of at least 4 members (excludes halogenated alkanes) is 1. The zero-order valence-electron chi connectivity index (χ0n) is 14.1. The maximum Gasteiger partial charge on any atom is 0.0897 e. The molecule has 0 bridgehead atoms. The molecule has 0 fully saturated rings. The van der Waals surface area contributed by atoms with Crippen molar-refractivity contribution in [1.82, 2.24) is 5.32 Å². The van der Waals surface area contributed by atoms with E-state index in [1.165, 1.54) is 19.3 Å². The van der Waals surface area contributed by atoms with Gasteiger partial charge in [0.05, 0.1) is 12.7 Å². The third-order valence-corrected chi connectivity index (χ3v) is 4.94. The Hall–Kier alpha value is 0.230. The normalized spacial score (nSPS) is 15.3. The highest BCUT2D eigenvalue weighted by Crippen LogP contribution is 2.19. The fourth-order valence-electron chi connectivity index (χ4n) is 1.94. The van der Waals surface area contributed by atoms with E-state index in [0.29, 0.717) is 19.1 Å². The van der Waals surface area contributed by atoms with Gasteiger partial charge in [-0.15, -0.1) is 0 Å². The molecule has 0 saturated heterocycles. The molecule has 2 unspecified atom stereocenters. The molecule has 0 aromatic rings. The summed E-state index contributed by atoms with van der Waals surface area (Å²) >= 11 is 1.84. The predicted molar refractivity (Wildman–Crippen MR) is 90.6 cm³/mol. The smallest absolute Gasteiger partial charge is 0.0897 e. The van der Waals surface area contributed by atoms with Gasteiger partial charge in [-0.2, -0.15) is 11.8 Å². The van der Waals surface area contributed by atoms with E-state index in [9.17, 15) is 5.11 Å². The van der Waals surface area contributed by atoms with E-state index in [4.69, 9.17) is 4.74 Å². The number of hydrogen-bond acceptors (Lipinski definition) is 4. The Morgan fingerprint density at radius 2 is 1.95 bits per heavy atom. The van der Waals surface area contributed by atoms with Crippen molar-refractivity contribution in [3.63, 3.8) is 0 Å². The summed E-state index contributed by atoms with van der Waals surface area (Å²) in [5, 5.41) is 13.2. The molecular weight excluding hydrogens is 270 g/mol. The van der Waals surface area contributed by atoms with Crippen molar-refractivity contribution in [2.24, 2.45) is 5.92 Å². The largest absolute Gasteiger partial charge is 0.389 e. The topological polar surface area (TPSA) is 41.5 Å². The lowest BCUT2D eigenvalue weighted by Crippen LogP contribution is -2.38. The summed E-state index contributed by atoms with van der Waals surface area (Å²) in [6.07, 6.45) is 6.63. The minimum atomic E-state index is -0.406. The minimum Gasteiger partial charge on any atom is -0.389 e. The van der Waals surface area contributed by atoms with E-state index in [1.54, 1.807) is 0 Å². The molecule has 0 aliphatic rings. The van der Waals surface area contributed by atoms with Crippen molar-refractivity contribution >= 4 is 11.8 Å². The van der Waals surface area contributed by atoms with Crippen LogP contribution in [0.2, 0.25) is 0 Å². The third kappa shape index (κ3) is 11.0. The van der Waals surface area contributed by atoms with Gasteiger partial charge in [0.15, 0.2) is 0 Å². The summed E-state index contributed by atoms with van der Waals surface area (Å²) in [5.74, 6) is 0.644. The van der Waals surface area contributed by atoms with Gasteiger partial charge in [-0.05, 0) is 32.4 Å². The molecule has 0 saturated carbocycles. The Bertz CT molecular complexity index is 225. The SMILES string of the molecule is CCCCC(CC)COCC(O)CNCC(C)(C)SC. The summed E-state index contributed by atoms with van der Waals surface area (Å²) in [7, 11) is 0. The number of rotatable bonds is 13. The lowest BCUT2D eigenvalue weighted by Gasteiger charge is -2.23. The highest BCUT2D eigenvalue weighted by atomic mass is 32.2. The van der Waals surface area contributed by atoms with Crippen LogP contribution in [0.5, 0.6) is 0 Å². The monoisotopic (exact) mass is 305 g/mol. The highest BCUT2D eigenvalue weighted by Gasteiger charge is 2.16.